The number of hydrazone groups is 1. The van der Waals surface area contributed by atoms with E-state index in [0.717, 1.165) is 16.7 Å². The summed E-state index contributed by atoms with van der Waals surface area (Å²) in [4.78, 5) is 16.4. The number of nitrogens with zero attached hydrogens (tertiary/aromatic N) is 2. The van der Waals surface area contributed by atoms with Gasteiger partial charge in [-0.2, -0.15) is 5.10 Å². The van der Waals surface area contributed by atoms with Gasteiger partial charge in [-0.15, -0.1) is 0 Å². The predicted octanol–water partition coefficient (Wildman–Crippen LogP) is 5.79. The maximum Gasteiger partial charge on any atom is 0.412 e. The van der Waals surface area contributed by atoms with E-state index in [1.165, 1.54) is 11.3 Å². The van der Waals surface area contributed by atoms with Crippen LogP contribution < -0.4 is 10.7 Å². The highest BCUT2D eigenvalue weighted by atomic mass is 35.5. The van der Waals surface area contributed by atoms with Gasteiger partial charge in [0.1, 0.15) is 10.7 Å². The molecular formula is C20H19ClN4O2S. The summed E-state index contributed by atoms with van der Waals surface area (Å²) in [6.45, 7) is 4.06. The Morgan fingerprint density at radius 3 is 2.79 bits per heavy atom. The van der Waals surface area contributed by atoms with Crippen molar-refractivity contribution in [2.75, 3.05) is 17.3 Å². The number of halogens is 1. The van der Waals surface area contributed by atoms with Gasteiger partial charge >= 0.3 is 6.09 Å². The lowest BCUT2D eigenvalue weighted by atomic mass is 10.1. The normalized spacial score (nSPS) is 10.8. The standard InChI is InChI=1S/C20H19ClN4O2S/c1-3-27-20(26)24-18-17(15-9-7-13(2)8-10-15)23-19(28-18)25-22-12-14-5-4-6-16(21)11-14/h4-12H,3H2,1-2H3,(H,23,25)(H,24,26)/b22-12-. The first-order valence-electron chi connectivity index (χ1n) is 8.61. The number of hydrogen-bond donors (Lipinski definition) is 2. The fourth-order valence-corrected chi connectivity index (χ4v) is 3.39. The van der Waals surface area contributed by atoms with E-state index in [2.05, 4.69) is 20.8 Å². The number of carbonyl (C=O) groups is 1. The third-order valence-electron chi connectivity index (χ3n) is 3.67. The smallest absolute Gasteiger partial charge is 0.412 e. The van der Waals surface area contributed by atoms with Gasteiger partial charge in [0, 0.05) is 10.6 Å². The van der Waals surface area contributed by atoms with Crippen molar-refractivity contribution in [2.45, 2.75) is 13.8 Å². The van der Waals surface area contributed by atoms with Crippen LogP contribution in [-0.2, 0) is 4.74 Å². The van der Waals surface area contributed by atoms with Crippen molar-refractivity contribution in [3.8, 4) is 11.3 Å². The Labute approximate surface area is 172 Å². The zero-order valence-electron chi connectivity index (χ0n) is 15.4. The predicted molar refractivity (Wildman–Crippen MR) is 116 cm³/mol. The topological polar surface area (TPSA) is 75.6 Å². The van der Waals surface area contributed by atoms with Gasteiger partial charge in [0.2, 0.25) is 5.13 Å². The van der Waals surface area contributed by atoms with Crippen molar-refractivity contribution in [3.05, 3.63) is 64.7 Å². The molecule has 1 aromatic heterocycles. The maximum atomic E-state index is 11.9. The number of hydrogen-bond acceptors (Lipinski definition) is 6. The van der Waals surface area contributed by atoms with E-state index in [9.17, 15) is 4.79 Å². The molecule has 3 aromatic rings. The fourth-order valence-electron chi connectivity index (χ4n) is 2.37. The number of aryl methyl sites for hydroxylation is 1. The Morgan fingerprint density at radius 1 is 1.29 bits per heavy atom. The zero-order valence-corrected chi connectivity index (χ0v) is 17.0. The Hall–Kier alpha value is -2.90. The molecule has 0 saturated heterocycles. The molecule has 0 fully saturated rings. The minimum atomic E-state index is -0.520. The molecule has 0 aliphatic heterocycles. The highest BCUT2D eigenvalue weighted by Gasteiger charge is 2.16. The number of amides is 1. The number of ether oxygens (including phenoxy) is 1. The first kappa shape index (κ1) is 19.9. The van der Waals surface area contributed by atoms with E-state index in [1.807, 2.05) is 43.3 Å². The quantitative estimate of drug-likeness (QED) is 0.395. The summed E-state index contributed by atoms with van der Waals surface area (Å²) in [5, 5.41) is 8.71. The minimum absolute atomic E-state index is 0.291. The van der Waals surface area contributed by atoms with E-state index in [-0.39, 0.29) is 0 Å². The van der Waals surface area contributed by atoms with Crippen molar-refractivity contribution < 1.29 is 9.53 Å². The fraction of sp³-hybridized carbons (Fsp3) is 0.150. The van der Waals surface area contributed by atoms with Crippen LogP contribution in [-0.4, -0.2) is 23.9 Å². The number of anilines is 2. The highest BCUT2D eigenvalue weighted by molar-refractivity contribution is 7.20. The van der Waals surface area contributed by atoms with Crippen LogP contribution in [0.3, 0.4) is 0 Å². The first-order chi connectivity index (χ1) is 13.5. The number of aromatic nitrogens is 1. The second-order valence-corrected chi connectivity index (χ2v) is 7.27. The molecule has 2 N–H and O–H groups in total. The third kappa shape index (κ3) is 5.31. The molecule has 0 aliphatic carbocycles. The summed E-state index contributed by atoms with van der Waals surface area (Å²) in [6.07, 6.45) is 1.13. The number of carbonyl (C=O) groups excluding carboxylic acids is 1. The van der Waals surface area contributed by atoms with Gasteiger partial charge in [0.25, 0.3) is 0 Å². The highest BCUT2D eigenvalue weighted by Crippen LogP contribution is 2.36. The molecule has 0 aliphatic rings. The van der Waals surface area contributed by atoms with Crippen molar-refractivity contribution in [1.29, 1.82) is 0 Å². The van der Waals surface area contributed by atoms with Gasteiger partial charge in [-0.25, -0.2) is 9.78 Å². The van der Waals surface area contributed by atoms with Crippen LogP contribution in [0.15, 0.2) is 53.6 Å². The van der Waals surface area contributed by atoms with Gasteiger partial charge in [-0.1, -0.05) is 64.9 Å². The summed E-state index contributed by atoms with van der Waals surface area (Å²) in [6, 6.07) is 15.3. The molecule has 0 radical (unpaired) electrons. The number of benzene rings is 2. The second-order valence-electron chi connectivity index (χ2n) is 5.83. The minimum Gasteiger partial charge on any atom is -0.450 e. The van der Waals surface area contributed by atoms with Gasteiger partial charge in [0.15, 0.2) is 0 Å². The molecule has 1 amide bonds. The molecule has 2 aromatic carbocycles. The Balaban J connectivity index is 1.83. The average Bonchev–Trinajstić information content (AvgIpc) is 3.05. The molecule has 0 bridgehead atoms. The summed E-state index contributed by atoms with van der Waals surface area (Å²) in [5.74, 6) is 0. The zero-order chi connectivity index (χ0) is 19.9. The van der Waals surface area contributed by atoms with E-state index in [0.29, 0.717) is 27.5 Å². The monoisotopic (exact) mass is 414 g/mol. The molecule has 144 valence electrons. The number of rotatable bonds is 6. The molecule has 0 saturated carbocycles. The lowest BCUT2D eigenvalue weighted by Crippen LogP contribution is -2.12. The number of thiazole rings is 1. The average molecular weight is 415 g/mol. The van der Waals surface area contributed by atoms with Crippen LogP contribution in [0.25, 0.3) is 11.3 Å². The molecule has 0 unspecified atom stereocenters. The van der Waals surface area contributed by atoms with E-state index in [1.54, 1.807) is 25.3 Å². The van der Waals surface area contributed by atoms with Crippen molar-refractivity contribution in [1.82, 2.24) is 4.98 Å². The largest absolute Gasteiger partial charge is 0.450 e. The van der Waals surface area contributed by atoms with E-state index >= 15 is 0 Å². The van der Waals surface area contributed by atoms with E-state index in [4.69, 9.17) is 16.3 Å². The Bertz CT molecular complexity index is 986. The van der Waals surface area contributed by atoms with Gasteiger partial charge in [-0.05, 0) is 31.5 Å². The van der Waals surface area contributed by atoms with Crippen LogP contribution in [0.2, 0.25) is 5.02 Å². The molecule has 0 atom stereocenters. The SMILES string of the molecule is CCOC(=O)Nc1sc(N/N=C\c2cccc(Cl)c2)nc1-c1ccc(C)cc1. The van der Waals surface area contributed by atoms with Crippen molar-refractivity contribution in [2.24, 2.45) is 5.10 Å². The van der Waals surface area contributed by atoms with Crippen LogP contribution in [0, 0.1) is 6.92 Å². The molecule has 28 heavy (non-hydrogen) atoms. The van der Waals surface area contributed by atoms with Gasteiger partial charge in [0.05, 0.1) is 12.8 Å². The summed E-state index contributed by atoms with van der Waals surface area (Å²) >= 11 is 7.25. The molecule has 1 heterocycles. The van der Waals surface area contributed by atoms with Crippen LogP contribution in [0.5, 0.6) is 0 Å². The Kier molecular flexibility index (Phi) is 6.62. The summed E-state index contributed by atoms with van der Waals surface area (Å²) < 4.78 is 4.98. The summed E-state index contributed by atoms with van der Waals surface area (Å²) in [5.41, 5.74) is 6.45. The molecule has 8 heteroatoms. The molecule has 3 rings (SSSR count). The van der Waals surface area contributed by atoms with Gasteiger partial charge in [-0.3, -0.25) is 10.7 Å². The van der Waals surface area contributed by atoms with Crippen LogP contribution in [0.4, 0.5) is 14.9 Å². The van der Waals surface area contributed by atoms with Crippen molar-refractivity contribution in [3.63, 3.8) is 0 Å². The number of nitrogens with one attached hydrogen (secondary N) is 2. The van der Waals surface area contributed by atoms with Crippen molar-refractivity contribution >= 4 is 45.4 Å². The lowest BCUT2D eigenvalue weighted by Gasteiger charge is -2.05. The molecule has 0 spiro atoms. The second kappa shape index (κ2) is 9.34. The van der Waals surface area contributed by atoms with Crippen LogP contribution in [0.1, 0.15) is 18.1 Å². The maximum absolute atomic E-state index is 11.9. The van der Waals surface area contributed by atoms with E-state index < -0.39 is 6.09 Å². The van der Waals surface area contributed by atoms with Gasteiger partial charge < -0.3 is 4.74 Å². The first-order valence-corrected chi connectivity index (χ1v) is 9.81. The molecular weight excluding hydrogens is 396 g/mol. The lowest BCUT2D eigenvalue weighted by molar-refractivity contribution is 0.168. The molecule has 6 nitrogen and oxygen atoms in total. The van der Waals surface area contributed by atoms with Crippen LogP contribution >= 0.6 is 22.9 Å². The summed E-state index contributed by atoms with van der Waals surface area (Å²) in [7, 11) is 0. The Morgan fingerprint density at radius 2 is 2.07 bits per heavy atom. The third-order valence-corrected chi connectivity index (χ3v) is 4.78.